The Morgan fingerprint density at radius 1 is 1.03 bits per heavy atom. The molecule has 6 nitrogen and oxygen atoms in total. The molecule has 3 aromatic rings. The number of benzene rings is 2. The first-order valence-corrected chi connectivity index (χ1v) is 9.71. The Morgan fingerprint density at radius 2 is 1.73 bits per heavy atom. The van der Waals surface area contributed by atoms with Gasteiger partial charge in [-0.2, -0.15) is 0 Å². The van der Waals surface area contributed by atoms with Gasteiger partial charge in [-0.25, -0.2) is 14.6 Å². The predicted molar refractivity (Wildman–Crippen MR) is 115 cm³/mol. The van der Waals surface area contributed by atoms with Crippen LogP contribution in [0.3, 0.4) is 0 Å². The summed E-state index contributed by atoms with van der Waals surface area (Å²) in [5.74, 6) is -0.384. The molecule has 0 radical (unpaired) electrons. The Bertz CT molecular complexity index is 1090. The van der Waals surface area contributed by atoms with E-state index in [1.165, 1.54) is 7.11 Å². The fraction of sp³-hybridized carbons (Fsp3) is 0.292. The van der Waals surface area contributed by atoms with Crippen LogP contribution in [0, 0.1) is 6.92 Å². The number of pyridine rings is 1. The third kappa shape index (κ3) is 4.43. The van der Waals surface area contributed by atoms with Gasteiger partial charge in [0.1, 0.15) is 5.75 Å². The van der Waals surface area contributed by atoms with Crippen LogP contribution < -0.4 is 4.74 Å². The molecule has 0 fully saturated rings. The molecule has 1 aromatic heterocycles. The van der Waals surface area contributed by atoms with Crippen molar-refractivity contribution in [2.45, 2.75) is 33.3 Å². The van der Waals surface area contributed by atoms with Crippen molar-refractivity contribution < 1.29 is 23.8 Å². The van der Waals surface area contributed by atoms with E-state index in [2.05, 4.69) is 0 Å². The average Bonchev–Trinajstić information content (AvgIpc) is 2.72. The van der Waals surface area contributed by atoms with Crippen molar-refractivity contribution in [3.05, 3.63) is 59.7 Å². The predicted octanol–water partition coefficient (Wildman–Crippen LogP) is 4.72. The van der Waals surface area contributed by atoms with E-state index < -0.39 is 17.5 Å². The Morgan fingerprint density at radius 3 is 2.37 bits per heavy atom. The molecule has 0 aliphatic rings. The summed E-state index contributed by atoms with van der Waals surface area (Å²) >= 11 is 0. The summed E-state index contributed by atoms with van der Waals surface area (Å²) in [6, 6.07) is 14.7. The number of hydrogen-bond acceptors (Lipinski definition) is 6. The quantitative estimate of drug-likeness (QED) is 0.551. The van der Waals surface area contributed by atoms with Crippen molar-refractivity contribution in [3.63, 3.8) is 0 Å². The van der Waals surface area contributed by atoms with Crippen molar-refractivity contribution in [3.8, 4) is 17.0 Å². The number of ether oxygens (including phenoxy) is 3. The van der Waals surface area contributed by atoms with Gasteiger partial charge in [0.05, 0.1) is 30.5 Å². The van der Waals surface area contributed by atoms with Crippen LogP contribution in [0.1, 0.15) is 36.7 Å². The third-order valence-electron chi connectivity index (χ3n) is 4.65. The van der Waals surface area contributed by atoms with Crippen molar-refractivity contribution in [1.82, 2.24) is 4.98 Å². The minimum Gasteiger partial charge on any atom is -0.476 e. The van der Waals surface area contributed by atoms with Gasteiger partial charge in [-0.05, 0) is 69.7 Å². The van der Waals surface area contributed by atoms with E-state index >= 15 is 0 Å². The van der Waals surface area contributed by atoms with E-state index in [1.54, 1.807) is 51.1 Å². The van der Waals surface area contributed by atoms with Crippen LogP contribution in [0.25, 0.3) is 22.2 Å². The SMILES string of the molecule is CCOC(=O)C(C)(C)Oc1ccc(-c2nc3cc(C)ccc3cc2C(=O)OC)cc1. The van der Waals surface area contributed by atoms with E-state index in [-0.39, 0.29) is 6.61 Å². The van der Waals surface area contributed by atoms with E-state index in [4.69, 9.17) is 19.2 Å². The number of esters is 2. The number of hydrogen-bond donors (Lipinski definition) is 0. The number of fused-ring (bicyclic) bond motifs is 1. The van der Waals surface area contributed by atoms with Crippen LogP contribution in [0.5, 0.6) is 5.75 Å². The van der Waals surface area contributed by atoms with Gasteiger partial charge < -0.3 is 14.2 Å². The Kier molecular flexibility index (Phi) is 6.06. The molecule has 0 bridgehead atoms. The molecule has 0 atom stereocenters. The zero-order valence-corrected chi connectivity index (χ0v) is 17.8. The van der Waals surface area contributed by atoms with Crippen molar-refractivity contribution >= 4 is 22.8 Å². The molecule has 0 saturated heterocycles. The second-order valence-corrected chi connectivity index (χ2v) is 7.43. The number of rotatable bonds is 6. The lowest BCUT2D eigenvalue weighted by Gasteiger charge is -2.24. The lowest BCUT2D eigenvalue weighted by atomic mass is 10.0. The molecule has 156 valence electrons. The minimum atomic E-state index is -1.12. The first-order valence-electron chi connectivity index (χ1n) is 9.71. The molecule has 30 heavy (non-hydrogen) atoms. The Labute approximate surface area is 175 Å². The fourth-order valence-electron chi connectivity index (χ4n) is 3.08. The second kappa shape index (κ2) is 8.53. The molecule has 0 aliphatic heterocycles. The zero-order chi connectivity index (χ0) is 21.9. The number of aromatic nitrogens is 1. The Hall–Kier alpha value is -3.41. The van der Waals surface area contributed by atoms with Crippen LogP contribution in [0.2, 0.25) is 0 Å². The van der Waals surface area contributed by atoms with E-state index in [0.29, 0.717) is 17.0 Å². The minimum absolute atomic E-state index is 0.286. The lowest BCUT2D eigenvalue weighted by Crippen LogP contribution is -2.39. The highest BCUT2D eigenvalue weighted by molar-refractivity contribution is 6.00. The van der Waals surface area contributed by atoms with Gasteiger partial charge in [0.25, 0.3) is 0 Å². The Balaban J connectivity index is 1.99. The topological polar surface area (TPSA) is 74.7 Å². The van der Waals surface area contributed by atoms with Crippen molar-refractivity contribution in [2.75, 3.05) is 13.7 Å². The van der Waals surface area contributed by atoms with Crippen molar-refractivity contribution in [2.24, 2.45) is 0 Å². The standard InChI is InChI=1S/C24H25NO5/c1-6-29-23(27)24(3,4)30-18-11-9-16(10-12-18)21-19(22(26)28-5)14-17-8-7-15(2)13-20(17)25-21/h7-14H,6H2,1-5H3. The highest BCUT2D eigenvalue weighted by Gasteiger charge is 2.31. The molecule has 0 saturated carbocycles. The first kappa shape index (κ1) is 21.3. The summed E-state index contributed by atoms with van der Waals surface area (Å²) in [7, 11) is 1.35. The molecule has 0 N–H and O–H groups in total. The van der Waals surface area contributed by atoms with Gasteiger partial charge in [0.15, 0.2) is 5.60 Å². The normalized spacial score (nSPS) is 11.2. The molecule has 1 heterocycles. The van der Waals surface area contributed by atoms with Crippen LogP contribution in [-0.4, -0.2) is 36.2 Å². The number of carbonyl (C=O) groups excluding carboxylic acids is 2. The molecular formula is C24H25NO5. The van der Waals surface area contributed by atoms with Crippen LogP contribution >= 0.6 is 0 Å². The van der Waals surface area contributed by atoms with E-state index in [1.807, 2.05) is 25.1 Å². The molecule has 0 aliphatic carbocycles. The summed E-state index contributed by atoms with van der Waals surface area (Å²) in [5.41, 5.74) is 2.40. The van der Waals surface area contributed by atoms with Gasteiger partial charge >= 0.3 is 11.9 Å². The van der Waals surface area contributed by atoms with Crippen LogP contribution in [-0.2, 0) is 14.3 Å². The highest BCUT2D eigenvalue weighted by atomic mass is 16.6. The molecule has 6 heteroatoms. The van der Waals surface area contributed by atoms with Gasteiger partial charge in [-0.3, -0.25) is 0 Å². The zero-order valence-electron chi connectivity index (χ0n) is 17.8. The smallest absolute Gasteiger partial charge is 0.349 e. The monoisotopic (exact) mass is 407 g/mol. The average molecular weight is 407 g/mol. The van der Waals surface area contributed by atoms with Crippen molar-refractivity contribution in [1.29, 1.82) is 0 Å². The fourth-order valence-corrected chi connectivity index (χ4v) is 3.08. The summed E-state index contributed by atoms with van der Waals surface area (Å²) in [4.78, 5) is 29.1. The molecule has 3 rings (SSSR count). The summed E-state index contributed by atoms with van der Waals surface area (Å²) in [6.45, 7) is 7.34. The largest absolute Gasteiger partial charge is 0.476 e. The van der Waals surface area contributed by atoms with Gasteiger partial charge in [-0.1, -0.05) is 12.1 Å². The van der Waals surface area contributed by atoms with Gasteiger partial charge in [0, 0.05) is 10.9 Å². The van der Waals surface area contributed by atoms with Crippen LogP contribution in [0.15, 0.2) is 48.5 Å². The maximum atomic E-state index is 12.4. The third-order valence-corrected chi connectivity index (χ3v) is 4.65. The van der Waals surface area contributed by atoms with E-state index in [0.717, 1.165) is 22.0 Å². The molecule has 0 spiro atoms. The van der Waals surface area contributed by atoms with Gasteiger partial charge in [-0.15, -0.1) is 0 Å². The number of carbonyl (C=O) groups is 2. The van der Waals surface area contributed by atoms with E-state index in [9.17, 15) is 9.59 Å². The summed E-state index contributed by atoms with van der Waals surface area (Å²) < 4.78 is 15.8. The molecule has 0 unspecified atom stereocenters. The highest BCUT2D eigenvalue weighted by Crippen LogP contribution is 2.29. The lowest BCUT2D eigenvalue weighted by molar-refractivity contribution is -0.158. The number of methoxy groups -OCH3 is 1. The summed E-state index contributed by atoms with van der Waals surface area (Å²) in [6.07, 6.45) is 0. The maximum absolute atomic E-state index is 12.4. The maximum Gasteiger partial charge on any atom is 0.349 e. The molecule has 0 amide bonds. The second-order valence-electron chi connectivity index (χ2n) is 7.43. The first-order chi connectivity index (χ1) is 14.2. The number of nitrogens with zero attached hydrogens (tertiary/aromatic N) is 1. The molecular weight excluding hydrogens is 382 g/mol. The van der Waals surface area contributed by atoms with Gasteiger partial charge in [0.2, 0.25) is 0 Å². The number of aryl methyl sites for hydroxylation is 1. The van der Waals surface area contributed by atoms with Crippen LogP contribution in [0.4, 0.5) is 0 Å². The molecule has 2 aromatic carbocycles. The summed E-state index contributed by atoms with van der Waals surface area (Å²) in [5, 5.41) is 0.862.